The maximum atomic E-state index is 13.4. The minimum Gasteiger partial charge on any atom is -0.361 e. The Morgan fingerprint density at radius 3 is 2.54 bits per heavy atom. The first-order chi connectivity index (χ1) is 17.0. The molecule has 4 aromatic rings. The van der Waals surface area contributed by atoms with Crippen LogP contribution >= 0.6 is 11.3 Å². The third-order valence-corrected chi connectivity index (χ3v) is 6.76. The Hall–Kier alpha value is -3.91. The van der Waals surface area contributed by atoms with Crippen LogP contribution in [-0.2, 0) is 11.2 Å². The number of thiophene rings is 1. The molecule has 7 nitrogen and oxygen atoms in total. The molecule has 2 heterocycles. The first-order valence-electron chi connectivity index (χ1n) is 11.6. The van der Waals surface area contributed by atoms with Gasteiger partial charge in [-0.15, -0.1) is 11.3 Å². The lowest BCUT2D eigenvalue weighted by Crippen LogP contribution is -2.45. The highest BCUT2D eigenvalue weighted by atomic mass is 32.1. The summed E-state index contributed by atoms with van der Waals surface area (Å²) < 4.78 is 0. The quantitative estimate of drug-likeness (QED) is 0.319. The number of nitrogens with one attached hydrogen (secondary N) is 3. The van der Waals surface area contributed by atoms with Crippen LogP contribution < -0.4 is 10.6 Å². The molecule has 180 valence electrons. The maximum Gasteiger partial charge on any atom is 0.262 e. The number of fused-ring (bicyclic) bond motifs is 1. The molecule has 3 amide bonds. The van der Waals surface area contributed by atoms with Crippen LogP contribution in [0.4, 0.5) is 5.69 Å². The molecule has 0 aliphatic carbocycles. The van der Waals surface area contributed by atoms with Gasteiger partial charge in [-0.2, -0.15) is 0 Å². The van der Waals surface area contributed by atoms with Gasteiger partial charge >= 0.3 is 0 Å². The smallest absolute Gasteiger partial charge is 0.262 e. The van der Waals surface area contributed by atoms with Gasteiger partial charge in [-0.3, -0.25) is 14.4 Å². The number of aromatic amines is 1. The van der Waals surface area contributed by atoms with E-state index >= 15 is 0 Å². The van der Waals surface area contributed by atoms with E-state index in [0.717, 1.165) is 16.5 Å². The number of carbonyl (C=O) groups is 3. The number of para-hydroxylation sites is 1. The first-order valence-corrected chi connectivity index (χ1v) is 12.5. The second-order valence-electron chi connectivity index (χ2n) is 8.11. The zero-order valence-corrected chi connectivity index (χ0v) is 20.5. The predicted octanol–water partition coefficient (Wildman–Crippen LogP) is 4.69. The van der Waals surface area contributed by atoms with Gasteiger partial charge in [0.2, 0.25) is 5.91 Å². The van der Waals surface area contributed by atoms with Crippen LogP contribution in [0.2, 0.25) is 0 Å². The number of anilines is 1. The molecule has 0 aliphatic rings. The van der Waals surface area contributed by atoms with E-state index in [1.54, 1.807) is 41.3 Å². The first kappa shape index (κ1) is 24.2. The summed E-state index contributed by atoms with van der Waals surface area (Å²) in [6.07, 6.45) is 2.18. The molecule has 1 unspecified atom stereocenters. The Labute approximate surface area is 208 Å². The van der Waals surface area contributed by atoms with Gasteiger partial charge in [-0.1, -0.05) is 30.3 Å². The largest absolute Gasteiger partial charge is 0.361 e. The summed E-state index contributed by atoms with van der Waals surface area (Å²) in [7, 11) is 0. The van der Waals surface area contributed by atoms with E-state index in [-0.39, 0.29) is 17.7 Å². The molecule has 2 aromatic heterocycles. The lowest BCUT2D eigenvalue weighted by Gasteiger charge is -2.20. The average molecular weight is 489 g/mol. The summed E-state index contributed by atoms with van der Waals surface area (Å²) in [4.78, 5) is 44.4. The molecule has 8 heteroatoms. The average Bonchev–Trinajstić information content (AvgIpc) is 3.55. The monoisotopic (exact) mass is 488 g/mol. The van der Waals surface area contributed by atoms with Crippen LogP contribution in [0.3, 0.4) is 0 Å². The van der Waals surface area contributed by atoms with Crippen molar-refractivity contribution in [2.24, 2.45) is 0 Å². The molecule has 0 aliphatic heterocycles. The van der Waals surface area contributed by atoms with E-state index in [2.05, 4.69) is 15.6 Å². The highest BCUT2D eigenvalue weighted by molar-refractivity contribution is 7.12. The van der Waals surface area contributed by atoms with E-state index in [9.17, 15) is 14.4 Å². The SMILES string of the molecule is CCN(CC)C(=O)c1cccc(NC(=O)C(Cc2c[nH]c3ccccc23)NC(=O)c2cccs2)c1. The number of hydrogen-bond acceptors (Lipinski definition) is 4. The van der Waals surface area contributed by atoms with Gasteiger partial charge in [0.25, 0.3) is 11.8 Å². The van der Waals surface area contributed by atoms with Crippen molar-refractivity contribution in [3.8, 4) is 0 Å². The molecule has 0 saturated heterocycles. The Kier molecular flexibility index (Phi) is 7.62. The molecule has 2 aromatic carbocycles. The number of aromatic nitrogens is 1. The van der Waals surface area contributed by atoms with Crippen LogP contribution in [0.1, 0.15) is 39.4 Å². The van der Waals surface area contributed by atoms with E-state index in [1.165, 1.54) is 11.3 Å². The summed E-state index contributed by atoms with van der Waals surface area (Å²) in [5, 5.41) is 8.60. The summed E-state index contributed by atoms with van der Waals surface area (Å²) in [5.74, 6) is -0.745. The zero-order chi connectivity index (χ0) is 24.8. The molecule has 35 heavy (non-hydrogen) atoms. The standard InChI is InChI=1S/C27H28N4O3S/c1-3-31(4-2)27(34)18-9-7-10-20(15-18)29-25(32)23(30-26(33)24-13-8-14-35-24)16-19-17-28-22-12-6-5-11-21(19)22/h5-15,17,23,28H,3-4,16H2,1-2H3,(H,29,32)(H,30,33). The molecule has 3 N–H and O–H groups in total. The summed E-state index contributed by atoms with van der Waals surface area (Å²) in [6.45, 7) is 5.07. The zero-order valence-electron chi connectivity index (χ0n) is 19.7. The fourth-order valence-corrected chi connectivity index (χ4v) is 4.65. The number of H-pyrrole nitrogens is 1. The topological polar surface area (TPSA) is 94.3 Å². The van der Waals surface area contributed by atoms with Gasteiger partial charge in [0, 0.05) is 47.9 Å². The molecule has 0 bridgehead atoms. The van der Waals surface area contributed by atoms with Gasteiger partial charge < -0.3 is 20.5 Å². The minimum atomic E-state index is -0.814. The summed E-state index contributed by atoms with van der Waals surface area (Å²) in [5.41, 5.74) is 2.90. The lowest BCUT2D eigenvalue weighted by molar-refractivity contribution is -0.118. The second kappa shape index (κ2) is 11.0. The third kappa shape index (κ3) is 5.60. The molecule has 0 saturated carbocycles. The number of amides is 3. The maximum absolute atomic E-state index is 13.4. The Morgan fingerprint density at radius 2 is 1.80 bits per heavy atom. The van der Waals surface area contributed by atoms with Crippen LogP contribution in [0.5, 0.6) is 0 Å². The Balaban J connectivity index is 1.57. The number of carbonyl (C=O) groups excluding carboxylic acids is 3. The molecule has 0 fully saturated rings. The van der Waals surface area contributed by atoms with Crippen molar-refractivity contribution in [2.75, 3.05) is 18.4 Å². The fourth-order valence-electron chi connectivity index (χ4n) is 4.02. The van der Waals surface area contributed by atoms with Crippen molar-refractivity contribution in [3.05, 3.63) is 88.2 Å². The van der Waals surface area contributed by atoms with E-state index in [1.807, 2.05) is 49.7 Å². The minimum absolute atomic E-state index is 0.0903. The van der Waals surface area contributed by atoms with Crippen molar-refractivity contribution in [1.29, 1.82) is 0 Å². The Bertz CT molecular complexity index is 1330. The molecule has 4 rings (SSSR count). The fraction of sp³-hybridized carbons (Fsp3) is 0.222. The van der Waals surface area contributed by atoms with Gasteiger partial charge in [0.15, 0.2) is 0 Å². The van der Waals surface area contributed by atoms with Crippen LogP contribution in [-0.4, -0.2) is 46.7 Å². The number of hydrogen-bond donors (Lipinski definition) is 3. The predicted molar refractivity (Wildman–Crippen MR) is 140 cm³/mol. The lowest BCUT2D eigenvalue weighted by atomic mass is 10.0. The van der Waals surface area contributed by atoms with E-state index < -0.39 is 6.04 Å². The van der Waals surface area contributed by atoms with E-state index in [4.69, 9.17) is 0 Å². The summed E-state index contributed by atoms with van der Waals surface area (Å²) in [6, 6.07) is 17.4. The van der Waals surface area contributed by atoms with Crippen LogP contribution in [0, 0.1) is 0 Å². The van der Waals surface area contributed by atoms with Gasteiger partial charge in [-0.25, -0.2) is 0 Å². The van der Waals surface area contributed by atoms with Crippen molar-refractivity contribution >= 4 is 45.6 Å². The number of rotatable bonds is 9. The van der Waals surface area contributed by atoms with Crippen LogP contribution in [0.15, 0.2) is 72.2 Å². The van der Waals surface area contributed by atoms with Gasteiger partial charge in [-0.05, 0) is 55.1 Å². The molecule has 0 spiro atoms. The van der Waals surface area contributed by atoms with Crippen molar-refractivity contribution in [3.63, 3.8) is 0 Å². The number of nitrogens with zero attached hydrogens (tertiary/aromatic N) is 1. The molecule has 1 atom stereocenters. The molecular weight excluding hydrogens is 460 g/mol. The molecule has 0 radical (unpaired) electrons. The molecular formula is C27H28N4O3S. The van der Waals surface area contributed by atoms with Crippen molar-refractivity contribution in [1.82, 2.24) is 15.2 Å². The normalized spacial score (nSPS) is 11.7. The Morgan fingerprint density at radius 1 is 1.00 bits per heavy atom. The number of benzene rings is 2. The van der Waals surface area contributed by atoms with E-state index in [0.29, 0.717) is 35.6 Å². The highest BCUT2D eigenvalue weighted by Gasteiger charge is 2.24. The van der Waals surface area contributed by atoms with Crippen molar-refractivity contribution in [2.45, 2.75) is 26.3 Å². The van der Waals surface area contributed by atoms with Gasteiger partial charge in [0.1, 0.15) is 6.04 Å². The van der Waals surface area contributed by atoms with Crippen molar-refractivity contribution < 1.29 is 14.4 Å². The highest BCUT2D eigenvalue weighted by Crippen LogP contribution is 2.21. The third-order valence-electron chi connectivity index (χ3n) is 5.89. The summed E-state index contributed by atoms with van der Waals surface area (Å²) >= 11 is 1.32. The van der Waals surface area contributed by atoms with Crippen LogP contribution in [0.25, 0.3) is 10.9 Å². The second-order valence-corrected chi connectivity index (χ2v) is 9.06. The van der Waals surface area contributed by atoms with Gasteiger partial charge in [0.05, 0.1) is 4.88 Å².